The average Bonchev–Trinajstić information content (AvgIpc) is 2.80. The number of aryl methyl sites for hydroxylation is 2. The maximum absolute atomic E-state index is 12.1. The number of nitrogen functional groups attached to an aromatic ring is 1. The Bertz CT molecular complexity index is 614. The highest BCUT2D eigenvalue weighted by Crippen LogP contribution is 2.38. The normalized spacial score (nSPS) is 11.0. The summed E-state index contributed by atoms with van der Waals surface area (Å²) in [7, 11) is 0. The Balaban J connectivity index is 2.48. The maximum atomic E-state index is 12.1. The zero-order valence-corrected chi connectivity index (χ0v) is 12.9. The summed E-state index contributed by atoms with van der Waals surface area (Å²) in [6, 6.07) is 0. The third kappa shape index (κ3) is 2.79. The van der Waals surface area contributed by atoms with Crippen LogP contribution in [-0.2, 0) is 4.74 Å². The van der Waals surface area contributed by atoms with Crippen LogP contribution in [0.3, 0.4) is 0 Å². The van der Waals surface area contributed by atoms with Crippen molar-refractivity contribution in [1.29, 1.82) is 0 Å². The van der Waals surface area contributed by atoms with Gasteiger partial charge in [0.15, 0.2) is 0 Å². The lowest BCUT2D eigenvalue weighted by Gasteiger charge is -2.09. The molecule has 0 saturated heterocycles. The van der Waals surface area contributed by atoms with E-state index in [1.165, 1.54) is 11.3 Å². The minimum Gasteiger partial charge on any atom is -0.459 e. The minimum absolute atomic E-state index is 0.163. The highest BCUT2D eigenvalue weighted by molar-refractivity contribution is 7.17. The van der Waals surface area contributed by atoms with Crippen molar-refractivity contribution in [1.82, 2.24) is 4.98 Å². The van der Waals surface area contributed by atoms with Gasteiger partial charge in [0.25, 0.3) is 0 Å². The van der Waals surface area contributed by atoms with Crippen LogP contribution in [0.4, 0.5) is 5.00 Å². The lowest BCUT2D eigenvalue weighted by atomic mass is 10.1. The number of hydrogen-bond donors (Lipinski definition) is 1. The van der Waals surface area contributed by atoms with Crippen molar-refractivity contribution >= 4 is 33.6 Å². The van der Waals surface area contributed by atoms with Crippen molar-refractivity contribution in [2.75, 3.05) is 5.73 Å². The number of anilines is 1. The third-order valence-electron chi connectivity index (χ3n) is 2.51. The summed E-state index contributed by atoms with van der Waals surface area (Å²) in [5, 5.41) is 3.36. The Kier molecular flexibility index (Phi) is 3.91. The summed E-state index contributed by atoms with van der Waals surface area (Å²) in [5.41, 5.74) is 8.12. The van der Waals surface area contributed by atoms with E-state index in [2.05, 4.69) is 4.98 Å². The quantitative estimate of drug-likeness (QED) is 0.878. The van der Waals surface area contributed by atoms with E-state index in [0.29, 0.717) is 10.6 Å². The topological polar surface area (TPSA) is 65.2 Å². The first-order chi connectivity index (χ1) is 8.90. The number of hydrogen-bond acceptors (Lipinski definition) is 6. The van der Waals surface area contributed by atoms with Crippen LogP contribution < -0.4 is 5.73 Å². The van der Waals surface area contributed by atoms with Gasteiger partial charge in [0.2, 0.25) is 0 Å². The molecule has 6 heteroatoms. The molecule has 0 aliphatic heterocycles. The summed E-state index contributed by atoms with van der Waals surface area (Å²) in [5.74, 6) is -0.366. The molecular formula is C13H16N2O2S2. The number of nitrogens with zero attached hydrogens (tertiary/aromatic N) is 1. The van der Waals surface area contributed by atoms with Crippen molar-refractivity contribution in [3.8, 4) is 10.4 Å². The van der Waals surface area contributed by atoms with Crippen LogP contribution in [0.2, 0.25) is 0 Å². The van der Waals surface area contributed by atoms with Crippen LogP contribution >= 0.6 is 22.7 Å². The molecule has 0 aromatic carbocycles. The van der Waals surface area contributed by atoms with Crippen LogP contribution in [0.1, 0.15) is 34.9 Å². The molecule has 0 atom stereocenters. The Morgan fingerprint density at radius 3 is 2.63 bits per heavy atom. The number of rotatable bonds is 3. The molecule has 2 rings (SSSR count). The second kappa shape index (κ2) is 5.30. The van der Waals surface area contributed by atoms with Gasteiger partial charge in [-0.1, -0.05) is 0 Å². The van der Waals surface area contributed by atoms with Crippen molar-refractivity contribution in [3.05, 3.63) is 21.6 Å². The minimum atomic E-state index is -0.366. The van der Waals surface area contributed by atoms with E-state index in [1.54, 1.807) is 11.3 Å². The van der Waals surface area contributed by atoms with Gasteiger partial charge in [-0.3, -0.25) is 0 Å². The molecule has 19 heavy (non-hydrogen) atoms. The summed E-state index contributed by atoms with van der Waals surface area (Å²) in [6.07, 6.45) is -0.163. The molecule has 0 amide bonds. The van der Waals surface area contributed by atoms with Crippen LogP contribution in [0.15, 0.2) is 5.38 Å². The summed E-state index contributed by atoms with van der Waals surface area (Å²) in [6.45, 7) is 7.53. The molecule has 2 aromatic heterocycles. The SMILES string of the molecule is Cc1nc(C)c(-c2csc(N)c2C(=O)OC(C)C)s1. The smallest absolute Gasteiger partial charge is 0.342 e. The Hall–Kier alpha value is -1.40. The van der Waals surface area contributed by atoms with E-state index in [0.717, 1.165) is 21.1 Å². The second-order valence-electron chi connectivity index (χ2n) is 4.49. The van der Waals surface area contributed by atoms with Gasteiger partial charge < -0.3 is 10.5 Å². The highest BCUT2D eigenvalue weighted by Gasteiger charge is 2.23. The maximum Gasteiger partial charge on any atom is 0.342 e. The van der Waals surface area contributed by atoms with Gasteiger partial charge >= 0.3 is 5.97 Å². The predicted molar refractivity (Wildman–Crippen MR) is 79.9 cm³/mol. The molecule has 0 fully saturated rings. The van der Waals surface area contributed by atoms with Crippen LogP contribution in [0.25, 0.3) is 10.4 Å². The number of thiophene rings is 1. The number of thiazole rings is 1. The fourth-order valence-corrected chi connectivity index (χ4v) is 3.61. The zero-order chi connectivity index (χ0) is 14.2. The largest absolute Gasteiger partial charge is 0.459 e. The van der Waals surface area contributed by atoms with Gasteiger partial charge in [-0.15, -0.1) is 22.7 Å². The van der Waals surface area contributed by atoms with Gasteiger partial charge in [0, 0.05) is 10.9 Å². The van der Waals surface area contributed by atoms with Gasteiger partial charge in [0.05, 0.1) is 21.7 Å². The predicted octanol–water partition coefficient (Wildman–Crippen LogP) is 3.64. The number of esters is 1. The first-order valence-corrected chi connectivity index (χ1v) is 7.62. The molecule has 0 aliphatic rings. The lowest BCUT2D eigenvalue weighted by molar-refractivity contribution is 0.0380. The van der Waals surface area contributed by atoms with E-state index >= 15 is 0 Å². The lowest BCUT2D eigenvalue weighted by Crippen LogP contribution is -2.13. The fourth-order valence-electron chi connectivity index (χ4n) is 1.80. The number of ether oxygens (including phenoxy) is 1. The van der Waals surface area contributed by atoms with Crippen molar-refractivity contribution in [2.24, 2.45) is 0 Å². The fraction of sp³-hybridized carbons (Fsp3) is 0.385. The molecule has 0 aliphatic carbocycles. The standard InChI is InChI=1S/C13H16N2O2S2/c1-6(2)17-13(16)10-9(5-18-12(10)14)11-7(3)15-8(4)19-11/h5-6H,14H2,1-4H3. The number of aromatic nitrogens is 1. The van der Waals surface area contributed by atoms with Crippen molar-refractivity contribution in [3.63, 3.8) is 0 Å². The number of carbonyl (C=O) groups is 1. The van der Waals surface area contributed by atoms with Crippen LogP contribution in [-0.4, -0.2) is 17.1 Å². The van der Waals surface area contributed by atoms with E-state index in [1.807, 2.05) is 33.1 Å². The Morgan fingerprint density at radius 2 is 2.11 bits per heavy atom. The average molecular weight is 296 g/mol. The Morgan fingerprint density at radius 1 is 1.42 bits per heavy atom. The second-order valence-corrected chi connectivity index (χ2v) is 6.60. The number of nitrogens with two attached hydrogens (primary N) is 1. The van der Waals surface area contributed by atoms with Crippen LogP contribution in [0, 0.1) is 13.8 Å². The van der Waals surface area contributed by atoms with Gasteiger partial charge in [-0.2, -0.15) is 0 Å². The Labute approximate surface area is 120 Å². The summed E-state index contributed by atoms with van der Waals surface area (Å²) in [4.78, 5) is 17.5. The first-order valence-electron chi connectivity index (χ1n) is 5.92. The van der Waals surface area contributed by atoms with E-state index < -0.39 is 0 Å². The summed E-state index contributed by atoms with van der Waals surface area (Å²) < 4.78 is 5.26. The molecule has 0 saturated carbocycles. The summed E-state index contributed by atoms with van der Waals surface area (Å²) >= 11 is 2.92. The van der Waals surface area contributed by atoms with Crippen molar-refractivity contribution < 1.29 is 9.53 Å². The van der Waals surface area contributed by atoms with Gasteiger partial charge in [0.1, 0.15) is 10.6 Å². The molecule has 4 nitrogen and oxygen atoms in total. The van der Waals surface area contributed by atoms with E-state index in [4.69, 9.17) is 10.5 Å². The van der Waals surface area contributed by atoms with E-state index in [9.17, 15) is 4.79 Å². The van der Waals surface area contributed by atoms with Crippen LogP contribution in [0.5, 0.6) is 0 Å². The molecule has 0 radical (unpaired) electrons. The first kappa shape index (κ1) is 14.0. The zero-order valence-electron chi connectivity index (χ0n) is 11.3. The molecule has 102 valence electrons. The third-order valence-corrected chi connectivity index (χ3v) is 4.43. The molecule has 0 unspecified atom stereocenters. The molecular weight excluding hydrogens is 280 g/mol. The molecule has 0 bridgehead atoms. The van der Waals surface area contributed by atoms with Gasteiger partial charge in [-0.25, -0.2) is 9.78 Å². The molecule has 2 aromatic rings. The van der Waals surface area contributed by atoms with E-state index in [-0.39, 0.29) is 12.1 Å². The van der Waals surface area contributed by atoms with Gasteiger partial charge in [-0.05, 0) is 27.7 Å². The molecule has 0 spiro atoms. The number of carbonyl (C=O) groups excluding carboxylic acids is 1. The highest BCUT2D eigenvalue weighted by atomic mass is 32.1. The molecule has 2 N–H and O–H groups in total. The monoisotopic (exact) mass is 296 g/mol. The molecule has 2 heterocycles. The van der Waals surface area contributed by atoms with Crippen molar-refractivity contribution in [2.45, 2.75) is 33.8 Å².